The van der Waals surface area contributed by atoms with Gasteiger partial charge in [-0.2, -0.15) is 0 Å². The van der Waals surface area contributed by atoms with Crippen LogP contribution in [-0.2, 0) is 9.53 Å². The molecule has 0 N–H and O–H groups in total. The molecular weight excluding hydrogens is 490 g/mol. The molecular formula is C31H53N5O3. The van der Waals surface area contributed by atoms with Gasteiger partial charge in [-0.1, -0.05) is 31.6 Å². The SMILES string of the molecule is C/C=C1/CCO/C1=C/C=C/[C@@H]1C[C@H](CCN2CCN(C)C2=O)N(CC(=O)N(CCCC)CCCCN(C)C)C1. The minimum atomic E-state index is 0.124. The Morgan fingerprint density at radius 3 is 2.59 bits per heavy atom. The summed E-state index contributed by atoms with van der Waals surface area (Å²) in [7, 11) is 6.07. The van der Waals surface area contributed by atoms with Gasteiger partial charge in [0.05, 0.1) is 13.2 Å². The zero-order chi connectivity index (χ0) is 28.2. The number of unbranched alkanes of at least 4 members (excludes halogenated alkanes) is 2. The lowest BCUT2D eigenvalue weighted by atomic mass is 10.0. The number of hydrogen-bond donors (Lipinski definition) is 0. The fraction of sp³-hybridized carbons (Fsp3) is 0.742. The zero-order valence-corrected chi connectivity index (χ0v) is 25.2. The van der Waals surface area contributed by atoms with Crippen LogP contribution in [0.4, 0.5) is 4.79 Å². The Morgan fingerprint density at radius 2 is 1.90 bits per heavy atom. The standard InChI is InChI=1S/C31H53N5O3/c1-6-8-17-34(18-10-9-16-32(3)4)30(37)25-36-24-26(12-11-13-29-27(7-2)15-22-39-29)23-28(36)14-19-35-21-20-33(5)31(35)38/h7,11-13,26,28H,6,8-10,14-25H2,1-5H3/b12-11+,27-7-,29-13+/t26-,28+/m1/s1. The first-order valence-corrected chi connectivity index (χ1v) is 15.2. The van der Waals surface area contributed by atoms with Crippen molar-refractivity contribution in [1.29, 1.82) is 0 Å². The molecule has 3 fully saturated rings. The van der Waals surface area contributed by atoms with E-state index in [0.29, 0.717) is 18.5 Å². The average Bonchev–Trinajstić information content (AvgIpc) is 3.61. The Hall–Kier alpha value is -2.32. The third-order valence-corrected chi connectivity index (χ3v) is 8.28. The molecule has 3 saturated heterocycles. The number of carbonyl (C=O) groups is 2. The van der Waals surface area contributed by atoms with Gasteiger partial charge in [-0.05, 0) is 77.2 Å². The van der Waals surface area contributed by atoms with E-state index in [-0.39, 0.29) is 11.9 Å². The summed E-state index contributed by atoms with van der Waals surface area (Å²) in [5.74, 6) is 1.61. The highest BCUT2D eigenvalue weighted by Gasteiger charge is 2.34. The maximum absolute atomic E-state index is 13.6. The van der Waals surface area contributed by atoms with E-state index in [1.807, 2.05) is 11.9 Å². The Kier molecular flexibility index (Phi) is 12.9. The first-order chi connectivity index (χ1) is 18.8. The lowest BCUT2D eigenvalue weighted by molar-refractivity contribution is -0.132. The number of nitrogens with zero attached hydrogens (tertiary/aromatic N) is 5. The summed E-state index contributed by atoms with van der Waals surface area (Å²) in [6.07, 6.45) is 15.8. The number of likely N-dealkylation sites (N-methyl/N-ethyl adjacent to an activating group) is 1. The Labute approximate surface area is 237 Å². The quantitative estimate of drug-likeness (QED) is 0.290. The molecule has 3 rings (SSSR count). The van der Waals surface area contributed by atoms with Gasteiger partial charge in [-0.3, -0.25) is 9.69 Å². The Bertz CT molecular complexity index is 883. The first kappa shape index (κ1) is 31.2. The molecule has 0 bridgehead atoms. The van der Waals surface area contributed by atoms with Crippen molar-refractivity contribution in [2.75, 3.05) is 80.1 Å². The topological polar surface area (TPSA) is 59.6 Å². The molecule has 2 atom stereocenters. The highest BCUT2D eigenvalue weighted by atomic mass is 16.5. The number of carbonyl (C=O) groups excluding carboxylic acids is 2. The first-order valence-electron chi connectivity index (χ1n) is 15.2. The Morgan fingerprint density at radius 1 is 1.13 bits per heavy atom. The van der Waals surface area contributed by atoms with E-state index in [1.165, 1.54) is 5.57 Å². The number of amides is 3. The summed E-state index contributed by atoms with van der Waals surface area (Å²) in [6, 6.07) is 0.420. The molecule has 3 amide bonds. The molecule has 3 heterocycles. The summed E-state index contributed by atoms with van der Waals surface area (Å²) < 4.78 is 5.78. The maximum Gasteiger partial charge on any atom is 0.319 e. The van der Waals surface area contributed by atoms with Crippen LogP contribution in [0.25, 0.3) is 0 Å². The van der Waals surface area contributed by atoms with Gasteiger partial charge in [0.15, 0.2) is 0 Å². The molecule has 0 aromatic rings. The van der Waals surface area contributed by atoms with Crippen LogP contribution in [0, 0.1) is 5.92 Å². The van der Waals surface area contributed by atoms with Crippen molar-refractivity contribution >= 4 is 11.9 Å². The molecule has 3 aliphatic heterocycles. The van der Waals surface area contributed by atoms with Crippen LogP contribution in [0.3, 0.4) is 0 Å². The lowest BCUT2D eigenvalue weighted by Crippen LogP contribution is -2.44. The van der Waals surface area contributed by atoms with Gasteiger partial charge in [0, 0.05) is 58.8 Å². The van der Waals surface area contributed by atoms with Crippen molar-refractivity contribution in [3.05, 3.63) is 35.6 Å². The largest absolute Gasteiger partial charge is 0.493 e. The Balaban J connectivity index is 1.63. The third kappa shape index (κ3) is 9.67. The molecule has 0 unspecified atom stereocenters. The van der Waals surface area contributed by atoms with Gasteiger partial charge < -0.3 is 24.3 Å². The number of rotatable bonds is 15. The van der Waals surface area contributed by atoms with Crippen LogP contribution >= 0.6 is 0 Å². The number of ether oxygens (including phenoxy) is 1. The molecule has 220 valence electrons. The average molecular weight is 544 g/mol. The highest BCUT2D eigenvalue weighted by molar-refractivity contribution is 5.78. The summed E-state index contributed by atoms with van der Waals surface area (Å²) in [4.78, 5) is 36.4. The van der Waals surface area contributed by atoms with Crippen LogP contribution in [0.2, 0.25) is 0 Å². The molecule has 0 aromatic carbocycles. The number of urea groups is 1. The minimum absolute atomic E-state index is 0.124. The van der Waals surface area contributed by atoms with Crippen molar-refractivity contribution in [3.8, 4) is 0 Å². The zero-order valence-electron chi connectivity index (χ0n) is 25.2. The molecule has 0 radical (unpaired) electrons. The molecule has 8 heteroatoms. The fourth-order valence-electron chi connectivity index (χ4n) is 5.82. The van der Waals surface area contributed by atoms with E-state index in [1.54, 1.807) is 4.90 Å². The minimum Gasteiger partial charge on any atom is -0.493 e. The van der Waals surface area contributed by atoms with Gasteiger partial charge in [0.1, 0.15) is 5.76 Å². The molecule has 8 nitrogen and oxygen atoms in total. The molecule has 0 aromatic heterocycles. The van der Waals surface area contributed by atoms with Crippen LogP contribution in [0.5, 0.6) is 0 Å². The van der Waals surface area contributed by atoms with E-state index < -0.39 is 0 Å². The number of hydrogen-bond acceptors (Lipinski definition) is 5. The van der Waals surface area contributed by atoms with Crippen molar-refractivity contribution in [3.63, 3.8) is 0 Å². The molecule has 0 aliphatic carbocycles. The third-order valence-electron chi connectivity index (χ3n) is 8.28. The molecule has 3 aliphatic rings. The predicted octanol–water partition coefficient (Wildman–Crippen LogP) is 4.21. The van der Waals surface area contributed by atoms with Gasteiger partial charge >= 0.3 is 6.03 Å². The van der Waals surface area contributed by atoms with Gasteiger partial charge in [-0.25, -0.2) is 4.79 Å². The van der Waals surface area contributed by atoms with Crippen molar-refractivity contribution < 1.29 is 14.3 Å². The second-order valence-electron chi connectivity index (χ2n) is 11.6. The summed E-state index contributed by atoms with van der Waals surface area (Å²) in [5.41, 5.74) is 1.27. The van der Waals surface area contributed by atoms with Crippen molar-refractivity contribution in [1.82, 2.24) is 24.5 Å². The van der Waals surface area contributed by atoms with Crippen LogP contribution < -0.4 is 0 Å². The lowest BCUT2D eigenvalue weighted by Gasteiger charge is -2.29. The maximum atomic E-state index is 13.6. The summed E-state index contributed by atoms with van der Waals surface area (Å²) in [5, 5.41) is 0. The van der Waals surface area contributed by atoms with Crippen molar-refractivity contribution in [2.24, 2.45) is 5.92 Å². The summed E-state index contributed by atoms with van der Waals surface area (Å²) >= 11 is 0. The highest BCUT2D eigenvalue weighted by Crippen LogP contribution is 2.28. The number of allylic oxidation sites excluding steroid dienone is 4. The van der Waals surface area contributed by atoms with E-state index in [9.17, 15) is 9.59 Å². The van der Waals surface area contributed by atoms with Crippen molar-refractivity contribution in [2.45, 2.75) is 64.8 Å². The van der Waals surface area contributed by atoms with E-state index in [0.717, 1.165) is 103 Å². The molecule has 0 saturated carbocycles. The monoisotopic (exact) mass is 543 g/mol. The van der Waals surface area contributed by atoms with Gasteiger partial charge in [0.25, 0.3) is 0 Å². The van der Waals surface area contributed by atoms with Gasteiger partial charge in [-0.15, -0.1) is 0 Å². The smallest absolute Gasteiger partial charge is 0.319 e. The van der Waals surface area contributed by atoms with E-state index >= 15 is 0 Å². The van der Waals surface area contributed by atoms with E-state index in [4.69, 9.17) is 4.74 Å². The van der Waals surface area contributed by atoms with Crippen LogP contribution in [-0.4, -0.2) is 123 Å². The second-order valence-corrected chi connectivity index (χ2v) is 11.6. The number of likely N-dealkylation sites (tertiary alicyclic amines) is 1. The van der Waals surface area contributed by atoms with Crippen LogP contribution in [0.15, 0.2) is 35.6 Å². The molecule has 0 spiro atoms. The molecule has 39 heavy (non-hydrogen) atoms. The van der Waals surface area contributed by atoms with E-state index in [2.05, 4.69) is 66.9 Å². The summed E-state index contributed by atoms with van der Waals surface area (Å²) in [6.45, 7) is 11.4. The normalized spacial score (nSPS) is 24.3. The van der Waals surface area contributed by atoms with Crippen LogP contribution in [0.1, 0.15) is 58.8 Å². The predicted molar refractivity (Wildman–Crippen MR) is 159 cm³/mol. The van der Waals surface area contributed by atoms with Gasteiger partial charge in [0.2, 0.25) is 5.91 Å². The second kappa shape index (κ2) is 16.1. The fourth-order valence-corrected chi connectivity index (χ4v) is 5.82.